The lowest BCUT2D eigenvalue weighted by Gasteiger charge is -2.35. The lowest BCUT2D eigenvalue weighted by Crippen LogP contribution is -2.45. The molecule has 0 bridgehead atoms. The first kappa shape index (κ1) is 22.7. The molecule has 6 nitrogen and oxygen atoms in total. The number of aliphatic hydroxyl groups is 1. The zero-order valence-corrected chi connectivity index (χ0v) is 18.2. The van der Waals surface area contributed by atoms with E-state index in [0.29, 0.717) is 12.1 Å². The van der Waals surface area contributed by atoms with Crippen molar-refractivity contribution in [1.29, 1.82) is 0 Å². The molecule has 1 heterocycles. The van der Waals surface area contributed by atoms with Crippen molar-refractivity contribution >= 4 is 37.5 Å². The number of nitrogens with zero attached hydrogens (tertiary/aromatic N) is 1. The molecule has 1 aliphatic heterocycles. The predicted octanol–water partition coefficient (Wildman–Crippen LogP) is 3.65. The van der Waals surface area contributed by atoms with Crippen molar-refractivity contribution < 1.29 is 31.5 Å². The van der Waals surface area contributed by atoms with Crippen LogP contribution in [0, 0.1) is 17.5 Å². The third-order valence-electron chi connectivity index (χ3n) is 4.86. The molecule has 162 valence electrons. The number of rotatable bonds is 4. The molecule has 0 atom stereocenters. The summed E-state index contributed by atoms with van der Waals surface area (Å²) in [5.41, 5.74) is -1.58. The zero-order chi connectivity index (χ0) is 22.3. The summed E-state index contributed by atoms with van der Waals surface area (Å²) in [7, 11) is -4.36. The first-order chi connectivity index (χ1) is 13.9. The normalized spacial score (nSPS) is 17.0. The fraction of sp³-hybridized carbons (Fsp3) is 0.316. The van der Waals surface area contributed by atoms with Crippen molar-refractivity contribution in [1.82, 2.24) is 4.31 Å². The SMILES string of the molecule is CC1(O)CCN(S(=O)(=O)c2cc(C(=O)Nc3ccc(F)c(Br)c3)c(F)cc2F)CC1. The molecule has 1 saturated heterocycles. The van der Waals surface area contributed by atoms with Crippen LogP contribution in [0.4, 0.5) is 18.9 Å². The van der Waals surface area contributed by atoms with Crippen LogP contribution in [0.3, 0.4) is 0 Å². The van der Waals surface area contributed by atoms with Crippen LogP contribution in [0.15, 0.2) is 39.7 Å². The number of hydrogen-bond acceptors (Lipinski definition) is 4. The Balaban J connectivity index is 1.91. The third kappa shape index (κ3) is 4.69. The van der Waals surface area contributed by atoms with Gasteiger partial charge in [-0.15, -0.1) is 0 Å². The molecule has 1 amide bonds. The number of carbonyl (C=O) groups is 1. The van der Waals surface area contributed by atoms with Crippen molar-refractivity contribution in [2.24, 2.45) is 0 Å². The Labute approximate surface area is 179 Å². The standard InChI is InChI=1S/C19H18BrF3N2O4S/c1-19(27)4-6-25(7-5-19)30(28,29)17-9-12(15(22)10-16(17)23)18(26)24-11-2-3-14(21)13(20)8-11/h2-3,8-10,27H,4-7H2,1H3,(H,24,26). The lowest BCUT2D eigenvalue weighted by atomic mass is 9.95. The van der Waals surface area contributed by atoms with Crippen LogP contribution in [0.1, 0.15) is 30.1 Å². The maximum atomic E-state index is 14.3. The van der Waals surface area contributed by atoms with E-state index in [1.165, 1.54) is 12.1 Å². The number of nitrogens with one attached hydrogen (secondary N) is 1. The topological polar surface area (TPSA) is 86.7 Å². The fourth-order valence-corrected chi connectivity index (χ4v) is 4.91. The average molecular weight is 507 g/mol. The fourth-order valence-electron chi connectivity index (χ4n) is 3.02. The Morgan fingerprint density at radius 3 is 2.33 bits per heavy atom. The number of amides is 1. The van der Waals surface area contributed by atoms with Crippen LogP contribution in [-0.2, 0) is 10.0 Å². The van der Waals surface area contributed by atoms with Crippen LogP contribution in [0.5, 0.6) is 0 Å². The van der Waals surface area contributed by atoms with Crippen molar-refractivity contribution in [2.75, 3.05) is 18.4 Å². The van der Waals surface area contributed by atoms with E-state index >= 15 is 0 Å². The molecule has 30 heavy (non-hydrogen) atoms. The number of benzene rings is 2. The van der Waals surface area contributed by atoms with Crippen molar-refractivity contribution in [3.63, 3.8) is 0 Å². The van der Waals surface area contributed by atoms with Gasteiger partial charge in [-0.1, -0.05) is 0 Å². The molecule has 0 radical (unpaired) electrons. The van der Waals surface area contributed by atoms with Gasteiger partial charge in [0.25, 0.3) is 5.91 Å². The molecule has 2 aromatic carbocycles. The maximum Gasteiger partial charge on any atom is 0.258 e. The molecule has 2 N–H and O–H groups in total. The summed E-state index contributed by atoms with van der Waals surface area (Å²) in [5, 5.41) is 12.3. The molecule has 0 spiro atoms. The molecule has 11 heteroatoms. The first-order valence-corrected chi connectivity index (χ1v) is 11.1. The second kappa shape index (κ2) is 8.29. The number of carbonyl (C=O) groups excluding carboxylic acids is 1. The van der Waals surface area contributed by atoms with Gasteiger partial charge in [0.2, 0.25) is 10.0 Å². The number of sulfonamides is 1. The summed E-state index contributed by atoms with van der Waals surface area (Å²) in [4.78, 5) is 11.6. The van der Waals surface area contributed by atoms with Gasteiger partial charge < -0.3 is 10.4 Å². The van der Waals surface area contributed by atoms with Gasteiger partial charge in [0.05, 0.1) is 15.6 Å². The van der Waals surface area contributed by atoms with Gasteiger partial charge in [0, 0.05) is 24.8 Å². The van der Waals surface area contributed by atoms with Crippen LogP contribution >= 0.6 is 15.9 Å². The predicted molar refractivity (Wildman–Crippen MR) is 107 cm³/mol. The number of hydrogen-bond donors (Lipinski definition) is 2. The molecule has 0 aliphatic carbocycles. The molecular weight excluding hydrogens is 489 g/mol. The van der Waals surface area contributed by atoms with Crippen molar-refractivity contribution in [3.05, 3.63) is 57.8 Å². The number of halogens is 4. The van der Waals surface area contributed by atoms with Gasteiger partial charge in [-0.2, -0.15) is 4.31 Å². The maximum absolute atomic E-state index is 14.3. The summed E-state index contributed by atoms with van der Waals surface area (Å²) in [6.07, 6.45) is 0.309. The van der Waals surface area contributed by atoms with Crippen LogP contribution in [0.2, 0.25) is 0 Å². The molecule has 3 rings (SSSR count). The summed E-state index contributed by atoms with van der Waals surface area (Å²) in [6, 6.07) is 4.52. The van der Waals surface area contributed by atoms with E-state index in [9.17, 15) is 31.5 Å². The monoisotopic (exact) mass is 506 g/mol. The lowest BCUT2D eigenvalue weighted by molar-refractivity contribution is 0.0125. The molecular formula is C19H18BrF3N2O4S. The van der Waals surface area contributed by atoms with E-state index < -0.39 is 49.4 Å². The summed E-state index contributed by atoms with van der Waals surface area (Å²) in [6.45, 7) is 1.49. The molecule has 0 saturated carbocycles. The minimum absolute atomic E-state index is 0.0444. The van der Waals surface area contributed by atoms with Crippen LogP contribution < -0.4 is 5.32 Å². The van der Waals surface area contributed by atoms with E-state index in [2.05, 4.69) is 21.2 Å². The van der Waals surface area contributed by atoms with E-state index in [-0.39, 0.29) is 36.1 Å². The second-order valence-corrected chi connectivity index (χ2v) is 10.0. The van der Waals surface area contributed by atoms with Crippen LogP contribution in [0.25, 0.3) is 0 Å². The first-order valence-electron chi connectivity index (χ1n) is 8.89. The molecule has 2 aromatic rings. The Morgan fingerprint density at radius 2 is 1.73 bits per heavy atom. The van der Waals surface area contributed by atoms with Crippen molar-refractivity contribution in [3.8, 4) is 0 Å². The summed E-state index contributed by atoms with van der Waals surface area (Å²) < 4.78 is 68.7. The average Bonchev–Trinajstić information content (AvgIpc) is 2.64. The summed E-state index contributed by atoms with van der Waals surface area (Å²) >= 11 is 2.95. The highest BCUT2D eigenvalue weighted by atomic mass is 79.9. The highest BCUT2D eigenvalue weighted by Crippen LogP contribution is 2.29. The quantitative estimate of drug-likeness (QED) is 0.662. The van der Waals surface area contributed by atoms with Gasteiger partial charge in [0.15, 0.2) is 0 Å². The largest absolute Gasteiger partial charge is 0.390 e. The van der Waals surface area contributed by atoms with E-state index in [1.54, 1.807) is 6.92 Å². The highest BCUT2D eigenvalue weighted by Gasteiger charge is 2.36. The molecule has 1 fully saturated rings. The van der Waals surface area contributed by atoms with Gasteiger partial charge in [-0.25, -0.2) is 21.6 Å². The van der Waals surface area contributed by atoms with Gasteiger partial charge in [0.1, 0.15) is 22.3 Å². The van der Waals surface area contributed by atoms with Gasteiger partial charge >= 0.3 is 0 Å². The van der Waals surface area contributed by atoms with Crippen molar-refractivity contribution in [2.45, 2.75) is 30.3 Å². The Hall–Kier alpha value is -1.95. The van der Waals surface area contributed by atoms with Gasteiger partial charge in [-0.05, 0) is 60.0 Å². The van der Waals surface area contributed by atoms with E-state index in [4.69, 9.17) is 0 Å². The molecule has 1 aliphatic rings. The Bertz CT molecular complexity index is 1100. The summed E-state index contributed by atoms with van der Waals surface area (Å²) in [5.74, 6) is -4.17. The Morgan fingerprint density at radius 1 is 1.10 bits per heavy atom. The van der Waals surface area contributed by atoms with E-state index in [0.717, 1.165) is 10.4 Å². The molecule has 0 aromatic heterocycles. The van der Waals surface area contributed by atoms with Gasteiger partial charge in [-0.3, -0.25) is 4.79 Å². The smallest absolute Gasteiger partial charge is 0.258 e. The zero-order valence-electron chi connectivity index (χ0n) is 15.8. The van der Waals surface area contributed by atoms with Crippen LogP contribution in [-0.4, -0.2) is 42.4 Å². The Kier molecular flexibility index (Phi) is 6.28. The third-order valence-corrected chi connectivity index (χ3v) is 7.38. The minimum atomic E-state index is -4.36. The van der Waals surface area contributed by atoms with E-state index in [1.807, 2.05) is 0 Å². The second-order valence-electron chi connectivity index (χ2n) is 7.25. The number of piperidine rings is 1. The number of anilines is 1. The minimum Gasteiger partial charge on any atom is -0.390 e. The highest BCUT2D eigenvalue weighted by molar-refractivity contribution is 9.10. The molecule has 0 unspecified atom stereocenters.